The van der Waals surface area contributed by atoms with Gasteiger partial charge in [0.05, 0.1) is 6.54 Å². The van der Waals surface area contributed by atoms with E-state index in [4.69, 9.17) is 0 Å². The highest BCUT2D eigenvalue weighted by Crippen LogP contribution is 2.07. The molecule has 0 aliphatic carbocycles. The van der Waals surface area contributed by atoms with Crippen LogP contribution >= 0.6 is 24.0 Å². The summed E-state index contributed by atoms with van der Waals surface area (Å²) in [5, 5.41) is 14.8. The fourth-order valence-electron chi connectivity index (χ4n) is 2.50. The van der Waals surface area contributed by atoms with Crippen molar-refractivity contribution in [2.24, 2.45) is 12.0 Å². The van der Waals surface area contributed by atoms with Crippen LogP contribution in [-0.2, 0) is 13.6 Å². The minimum absolute atomic E-state index is 0. The van der Waals surface area contributed by atoms with Crippen molar-refractivity contribution < 1.29 is 0 Å². The van der Waals surface area contributed by atoms with E-state index in [2.05, 4.69) is 30.7 Å². The van der Waals surface area contributed by atoms with Crippen molar-refractivity contribution in [3.8, 4) is 0 Å². The third-order valence-electron chi connectivity index (χ3n) is 3.99. The van der Waals surface area contributed by atoms with Gasteiger partial charge in [-0.25, -0.2) is 0 Å². The van der Waals surface area contributed by atoms with Crippen LogP contribution in [0.15, 0.2) is 4.99 Å². The van der Waals surface area contributed by atoms with Gasteiger partial charge in [0.15, 0.2) is 11.8 Å². The Morgan fingerprint density at radius 2 is 1.91 bits per heavy atom. The van der Waals surface area contributed by atoms with Gasteiger partial charge in [0.2, 0.25) is 0 Å². The molecule has 0 radical (unpaired) electrons. The second-order valence-electron chi connectivity index (χ2n) is 5.48. The highest BCUT2D eigenvalue weighted by atomic mass is 127. The van der Waals surface area contributed by atoms with Crippen LogP contribution in [0.5, 0.6) is 0 Å². The van der Waals surface area contributed by atoms with Crippen LogP contribution in [0.25, 0.3) is 0 Å². The molecule has 1 aromatic rings. The lowest BCUT2D eigenvalue weighted by Crippen LogP contribution is -2.42. The van der Waals surface area contributed by atoms with Crippen LogP contribution in [0.2, 0.25) is 0 Å². The molecule has 0 amide bonds. The monoisotopic (exact) mass is 421 g/mol. The van der Waals surface area contributed by atoms with E-state index in [0.29, 0.717) is 6.54 Å². The van der Waals surface area contributed by atoms with Crippen LogP contribution in [0.3, 0.4) is 0 Å². The van der Waals surface area contributed by atoms with Crippen molar-refractivity contribution in [2.45, 2.75) is 32.7 Å². The van der Waals surface area contributed by atoms with Crippen molar-refractivity contribution in [2.75, 3.05) is 33.2 Å². The molecule has 1 saturated heterocycles. The van der Waals surface area contributed by atoms with Gasteiger partial charge in [-0.3, -0.25) is 4.99 Å². The molecule has 0 saturated carbocycles. The molecule has 1 aliphatic rings. The predicted molar refractivity (Wildman–Crippen MR) is 99.6 cm³/mol. The van der Waals surface area contributed by atoms with Gasteiger partial charge in [0.1, 0.15) is 5.82 Å². The molecule has 0 aromatic carbocycles. The Bertz CT molecular complexity index is 466. The van der Waals surface area contributed by atoms with Crippen LogP contribution in [0.1, 0.15) is 30.9 Å². The molecular weight excluding hydrogens is 393 g/mol. The summed E-state index contributed by atoms with van der Waals surface area (Å²) in [7, 11) is 3.76. The fraction of sp³-hybridized carbons (Fsp3) is 0.786. The minimum atomic E-state index is 0. The van der Waals surface area contributed by atoms with E-state index < -0.39 is 0 Å². The molecule has 0 bridgehead atoms. The second kappa shape index (κ2) is 9.98. The number of halogens is 1. The summed E-state index contributed by atoms with van der Waals surface area (Å²) < 4.78 is 1.98. The number of nitrogens with zero attached hydrogens (tertiary/aromatic N) is 5. The summed E-state index contributed by atoms with van der Waals surface area (Å²) in [5.41, 5.74) is 0. The molecule has 2 heterocycles. The van der Waals surface area contributed by atoms with Gasteiger partial charge in [-0.05, 0) is 32.9 Å². The van der Waals surface area contributed by atoms with E-state index in [9.17, 15) is 0 Å². The highest BCUT2D eigenvalue weighted by molar-refractivity contribution is 14.0. The van der Waals surface area contributed by atoms with E-state index in [1.54, 1.807) is 7.05 Å². The van der Waals surface area contributed by atoms with Gasteiger partial charge in [-0.15, -0.1) is 34.2 Å². The average molecular weight is 421 g/mol. The summed E-state index contributed by atoms with van der Waals surface area (Å²) in [6, 6.07) is 0. The quantitative estimate of drug-likeness (QED) is 0.420. The molecule has 1 aromatic heterocycles. The topological polar surface area (TPSA) is 70.4 Å². The molecule has 22 heavy (non-hydrogen) atoms. The number of hydrogen-bond acceptors (Lipinski definition) is 4. The van der Waals surface area contributed by atoms with Gasteiger partial charge in [0.25, 0.3) is 0 Å². The number of aromatic nitrogens is 3. The Hall–Kier alpha value is -0.900. The second-order valence-corrected chi connectivity index (χ2v) is 5.48. The smallest absolute Gasteiger partial charge is 0.191 e. The summed E-state index contributed by atoms with van der Waals surface area (Å²) in [6.07, 6.45) is 4.04. The maximum Gasteiger partial charge on any atom is 0.191 e. The lowest BCUT2D eigenvalue weighted by Gasteiger charge is -2.26. The summed E-state index contributed by atoms with van der Waals surface area (Å²) in [6.45, 7) is 7.02. The van der Waals surface area contributed by atoms with Crippen LogP contribution in [-0.4, -0.2) is 58.9 Å². The highest BCUT2D eigenvalue weighted by Gasteiger charge is 2.10. The third-order valence-corrected chi connectivity index (χ3v) is 3.99. The van der Waals surface area contributed by atoms with Crippen molar-refractivity contribution >= 4 is 29.9 Å². The maximum absolute atomic E-state index is 4.24. The van der Waals surface area contributed by atoms with E-state index >= 15 is 0 Å². The van der Waals surface area contributed by atoms with Crippen LogP contribution in [0.4, 0.5) is 0 Å². The minimum Gasteiger partial charge on any atom is -0.355 e. The predicted octanol–water partition coefficient (Wildman–Crippen LogP) is 0.892. The lowest BCUT2D eigenvalue weighted by atomic mass is 10.1. The summed E-state index contributed by atoms with van der Waals surface area (Å²) in [5.74, 6) is 2.64. The standard InChI is InChI=1S/C14H27N7.HI/c1-12-18-19-13(20(12)3)11-17-14(15-2)16-7-10-21-8-5-4-6-9-21;/h4-11H2,1-3H3,(H2,15,16,17);1H. The van der Waals surface area contributed by atoms with Gasteiger partial charge >= 0.3 is 0 Å². The first-order valence-corrected chi connectivity index (χ1v) is 7.72. The molecule has 0 unspecified atom stereocenters. The molecule has 7 nitrogen and oxygen atoms in total. The third kappa shape index (κ3) is 5.71. The van der Waals surface area contributed by atoms with Gasteiger partial charge in [-0.2, -0.15) is 0 Å². The number of likely N-dealkylation sites (tertiary alicyclic amines) is 1. The Kier molecular flexibility index (Phi) is 8.69. The summed E-state index contributed by atoms with van der Waals surface area (Å²) in [4.78, 5) is 6.75. The van der Waals surface area contributed by atoms with Crippen molar-refractivity contribution in [3.63, 3.8) is 0 Å². The number of guanidine groups is 1. The van der Waals surface area contributed by atoms with E-state index in [1.807, 2.05) is 18.5 Å². The van der Waals surface area contributed by atoms with E-state index in [-0.39, 0.29) is 24.0 Å². The van der Waals surface area contributed by atoms with E-state index in [1.165, 1.54) is 32.4 Å². The Morgan fingerprint density at radius 1 is 1.18 bits per heavy atom. The normalized spacial score (nSPS) is 16.2. The Morgan fingerprint density at radius 3 is 2.50 bits per heavy atom. The zero-order valence-corrected chi connectivity index (χ0v) is 16.1. The molecule has 1 aliphatic heterocycles. The molecule has 0 spiro atoms. The van der Waals surface area contributed by atoms with E-state index in [0.717, 1.165) is 30.7 Å². The molecule has 0 atom stereocenters. The molecule has 2 N–H and O–H groups in total. The van der Waals surface area contributed by atoms with Gasteiger partial charge in [0, 0.05) is 27.2 Å². The van der Waals surface area contributed by atoms with Gasteiger partial charge in [-0.1, -0.05) is 6.42 Å². The molecular formula is C14H28IN7. The number of aliphatic imine (C=N–C) groups is 1. The molecule has 2 rings (SSSR count). The first-order chi connectivity index (χ1) is 10.2. The average Bonchev–Trinajstić information content (AvgIpc) is 2.83. The first kappa shape index (κ1) is 19.1. The molecule has 8 heteroatoms. The number of nitrogens with one attached hydrogen (secondary N) is 2. The first-order valence-electron chi connectivity index (χ1n) is 7.72. The Balaban J connectivity index is 0.00000242. The van der Waals surface area contributed by atoms with Gasteiger partial charge < -0.3 is 20.1 Å². The zero-order valence-electron chi connectivity index (χ0n) is 13.8. The Labute approximate surface area is 150 Å². The van der Waals surface area contributed by atoms with Crippen molar-refractivity contribution in [3.05, 3.63) is 11.6 Å². The largest absolute Gasteiger partial charge is 0.355 e. The molecule has 1 fully saturated rings. The number of aryl methyl sites for hydroxylation is 1. The van der Waals surface area contributed by atoms with Crippen molar-refractivity contribution in [1.29, 1.82) is 0 Å². The number of piperidine rings is 1. The van der Waals surface area contributed by atoms with Crippen LogP contribution < -0.4 is 10.6 Å². The zero-order chi connectivity index (χ0) is 15.1. The summed E-state index contributed by atoms with van der Waals surface area (Å²) >= 11 is 0. The van der Waals surface area contributed by atoms with Crippen LogP contribution in [0, 0.1) is 6.92 Å². The van der Waals surface area contributed by atoms with Crippen molar-refractivity contribution in [1.82, 2.24) is 30.3 Å². The SMILES string of the molecule is CN=C(NCCN1CCCCC1)NCc1nnc(C)n1C.I. The lowest BCUT2D eigenvalue weighted by molar-refractivity contribution is 0.232. The number of hydrogen-bond donors (Lipinski definition) is 2. The number of rotatable bonds is 5. The fourth-order valence-corrected chi connectivity index (χ4v) is 2.50. The maximum atomic E-state index is 4.24. The molecule has 126 valence electrons.